The van der Waals surface area contributed by atoms with E-state index in [9.17, 15) is 14.9 Å². The van der Waals surface area contributed by atoms with Gasteiger partial charge >= 0.3 is 5.97 Å². The SMILES string of the molecule is N#Cc1cc2c(nc1SCC(=O)NCC(=O)O)CCCCC2. The molecule has 0 fully saturated rings. The maximum absolute atomic E-state index is 11.6. The Balaban J connectivity index is 2.07. The summed E-state index contributed by atoms with van der Waals surface area (Å²) in [6, 6.07) is 4.01. The molecule has 6 nitrogen and oxygen atoms in total. The van der Waals surface area contributed by atoms with Gasteiger partial charge in [0.05, 0.1) is 11.3 Å². The minimum atomic E-state index is -1.08. The van der Waals surface area contributed by atoms with Gasteiger partial charge in [-0.1, -0.05) is 18.2 Å². The Bertz CT molecular complexity index is 625. The van der Waals surface area contributed by atoms with Crippen LogP contribution in [0, 0.1) is 11.3 Å². The molecule has 1 aromatic rings. The molecule has 2 rings (SSSR count). The fourth-order valence-electron chi connectivity index (χ4n) is 2.34. The molecule has 1 aliphatic rings. The first-order valence-corrected chi connectivity index (χ1v) is 8.13. The quantitative estimate of drug-likeness (QED) is 0.630. The monoisotopic (exact) mass is 319 g/mol. The number of pyridine rings is 1. The van der Waals surface area contributed by atoms with Crippen molar-refractivity contribution >= 4 is 23.6 Å². The maximum Gasteiger partial charge on any atom is 0.322 e. The molecule has 1 aliphatic carbocycles. The second-order valence-corrected chi connectivity index (χ2v) is 6.04. The van der Waals surface area contributed by atoms with Crippen molar-refractivity contribution in [3.8, 4) is 6.07 Å². The fourth-order valence-corrected chi connectivity index (χ4v) is 3.15. The lowest BCUT2D eigenvalue weighted by Gasteiger charge is -2.09. The van der Waals surface area contributed by atoms with Crippen molar-refractivity contribution in [1.29, 1.82) is 5.26 Å². The van der Waals surface area contributed by atoms with Gasteiger partial charge in [0.2, 0.25) is 5.91 Å². The van der Waals surface area contributed by atoms with Gasteiger partial charge in [0.1, 0.15) is 17.6 Å². The van der Waals surface area contributed by atoms with E-state index in [0.717, 1.165) is 43.4 Å². The Kier molecular flexibility index (Phi) is 5.78. The summed E-state index contributed by atoms with van der Waals surface area (Å²) in [4.78, 5) is 26.5. The topological polar surface area (TPSA) is 103 Å². The molecule has 116 valence electrons. The summed E-state index contributed by atoms with van der Waals surface area (Å²) in [6.07, 6.45) is 5.22. The molecule has 0 bridgehead atoms. The lowest BCUT2D eigenvalue weighted by molar-refractivity contribution is -0.137. The van der Waals surface area contributed by atoms with Crippen molar-refractivity contribution in [2.45, 2.75) is 37.1 Å². The van der Waals surface area contributed by atoms with E-state index in [1.807, 2.05) is 6.07 Å². The summed E-state index contributed by atoms with van der Waals surface area (Å²) in [5.74, 6) is -1.42. The average Bonchev–Trinajstić information content (AvgIpc) is 2.74. The molecule has 22 heavy (non-hydrogen) atoms. The number of carbonyl (C=O) groups is 2. The molecule has 0 saturated heterocycles. The van der Waals surface area contributed by atoms with Crippen LogP contribution in [0.1, 0.15) is 36.1 Å². The molecule has 0 radical (unpaired) electrons. The Morgan fingerprint density at radius 2 is 2.14 bits per heavy atom. The van der Waals surface area contributed by atoms with Crippen LogP contribution in [0.4, 0.5) is 0 Å². The van der Waals surface area contributed by atoms with Crippen LogP contribution in [0.15, 0.2) is 11.1 Å². The van der Waals surface area contributed by atoms with Crippen molar-refractivity contribution < 1.29 is 14.7 Å². The van der Waals surface area contributed by atoms with Gasteiger partial charge in [-0.25, -0.2) is 4.98 Å². The Hall–Kier alpha value is -2.07. The number of amides is 1. The lowest BCUT2D eigenvalue weighted by atomic mass is 10.1. The third-order valence-electron chi connectivity index (χ3n) is 3.41. The van der Waals surface area contributed by atoms with E-state index in [0.29, 0.717) is 10.6 Å². The first-order chi connectivity index (χ1) is 10.6. The molecule has 0 aliphatic heterocycles. The normalized spacial score (nSPS) is 13.6. The first kappa shape index (κ1) is 16.3. The average molecular weight is 319 g/mol. The number of aryl methyl sites for hydroxylation is 2. The molecule has 1 aromatic heterocycles. The second-order valence-electron chi connectivity index (χ2n) is 5.08. The zero-order chi connectivity index (χ0) is 15.9. The number of rotatable bonds is 5. The molecule has 0 spiro atoms. The highest BCUT2D eigenvalue weighted by Crippen LogP contribution is 2.26. The standard InChI is InChI=1S/C15H17N3O3S/c16-7-11-6-10-4-2-1-3-5-12(10)18-15(11)22-9-13(19)17-8-14(20)21/h6H,1-5,8-9H2,(H,17,19)(H,20,21). The van der Waals surface area contributed by atoms with E-state index in [1.54, 1.807) is 0 Å². The third kappa shape index (κ3) is 4.46. The van der Waals surface area contributed by atoms with Crippen molar-refractivity contribution in [3.63, 3.8) is 0 Å². The number of nitrogens with one attached hydrogen (secondary N) is 1. The van der Waals surface area contributed by atoms with Crippen LogP contribution in [0.5, 0.6) is 0 Å². The summed E-state index contributed by atoms with van der Waals surface area (Å²) in [5.41, 5.74) is 2.63. The highest BCUT2D eigenvalue weighted by Gasteiger charge is 2.15. The number of nitriles is 1. The summed E-state index contributed by atoms with van der Waals surface area (Å²) in [7, 11) is 0. The van der Waals surface area contributed by atoms with Crippen LogP contribution in [0.3, 0.4) is 0 Å². The number of carboxylic acids is 1. The molecule has 7 heteroatoms. The molecular formula is C15H17N3O3S. The largest absolute Gasteiger partial charge is 0.480 e. The van der Waals surface area contributed by atoms with Gasteiger partial charge in [0, 0.05) is 5.69 Å². The number of carbonyl (C=O) groups excluding carboxylic acids is 1. The predicted molar refractivity (Wildman–Crippen MR) is 81.6 cm³/mol. The van der Waals surface area contributed by atoms with Crippen molar-refractivity contribution in [2.24, 2.45) is 0 Å². The predicted octanol–water partition coefficient (Wildman–Crippen LogP) is 1.52. The Morgan fingerprint density at radius 3 is 2.86 bits per heavy atom. The number of nitrogens with zero attached hydrogens (tertiary/aromatic N) is 2. The van der Waals surface area contributed by atoms with Crippen LogP contribution in [-0.2, 0) is 22.4 Å². The van der Waals surface area contributed by atoms with E-state index in [-0.39, 0.29) is 11.7 Å². The number of carboxylic acid groups (broad SMARTS) is 1. The summed E-state index contributed by atoms with van der Waals surface area (Å²) >= 11 is 1.17. The zero-order valence-corrected chi connectivity index (χ0v) is 12.9. The number of fused-ring (bicyclic) bond motifs is 1. The van der Waals surface area contributed by atoms with Crippen LogP contribution in [0.25, 0.3) is 0 Å². The number of hydrogen-bond donors (Lipinski definition) is 2. The van der Waals surface area contributed by atoms with Crippen molar-refractivity contribution in [1.82, 2.24) is 10.3 Å². The van der Waals surface area contributed by atoms with E-state index in [2.05, 4.69) is 16.4 Å². The van der Waals surface area contributed by atoms with E-state index < -0.39 is 12.5 Å². The highest BCUT2D eigenvalue weighted by atomic mass is 32.2. The van der Waals surface area contributed by atoms with Gasteiger partial charge in [-0.3, -0.25) is 9.59 Å². The smallest absolute Gasteiger partial charge is 0.322 e. The van der Waals surface area contributed by atoms with Gasteiger partial charge in [-0.15, -0.1) is 0 Å². The first-order valence-electron chi connectivity index (χ1n) is 7.14. The van der Waals surface area contributed by atoms with Gasteiger partial charge in [0.15, 0.2) is 0 Å². The van der Waals surface area contributed by atoms with E-state index >= 15 is 0 Å². The third-order valence-corrected chi connectivity index (χ3v) is 4.40. The van der Waals surface area contributed by atoms with Crippen LogP contribution < -0.4 is 5.32 Å². The van der Waals surface area contributed by atoms with Crippen LogP contribution in [0.2, 0.25) is 0 Å². The number of hydrogen-bond acceptors (Lipinski definition) is 5. The van der Waals surface area contributed by atoms with Gasteiger partial charge in [-0.2, -0.15) is 5.26 Å². The number of aliphatic carboxylic acids is 1. The van der Waals surface area contributed by atoms with Crippen molar-refractivity contribution in [2.75, 3.05) is 12.3 Å². The molecule has 0 unspecified atom stereocenters. The van der Waals surface area contributed by atoms with Gasteiger partial charge < -0.3 is 10.4 Å². The lowest BCUT2D eigenvalue weighted by Crippen LogP contribution is -2.30. The molecule has 0 aromatic carbocycles. The number of thioether (sulfide) groups is 1. The van der Waals surface area contributed by atoms with Crippen LogP contribution in [-0.4, -0.2) is 34.3 Å². The molecule has 2 N–H and O–H groups in total. The van der Waals surface area contributed by atoms with E-state index in [4.69, 9.17) is 5.11 Å². The zero-order valence-electron chi connectivity index (χ0n) is 12.1. The molecule has 1 heterocycles. The molecule has 0 saturated carbocycles. The van der Waals surface area contributed by atoms with Crippen LogP contribution >= 0.6 is 11.8 Å². The minimum absolute atomic E-state index is 0.0494. The summed E-state index contributed by atoms with van der Waals surface area (Å²) < 4.78 is 0. The summed E-state index contributed by atoms with van der Waals surface area (Å²) in [6.45, 7) is -0.401. The fraction of sp³-hybridized carbons (Fsp3) is 0.467. The van der Waals surface area contributed by atoms with E-state index in [1.165, 1.54) is 11.8 Å². The highest BCUT2D eigenvalue weighted by molar-refractivity contribution is 8.00. The maximum atomic E-state index is 11.6. The Morgan fingerprint density at radius 1 is 1.36 bits per heavy atom. The molecular weight excluding hydrogens is 302 g/mol. The number of aromatic nitrogens is 1. The van der Waals surface area contributed by atoms with Gasteiger partial charge in [-0.05, 0) is 37.3 Å². The minimum Gasteiger partial charge on any atom is -0.480 e. The summed E-state index contributed by atoms with van der Waals surface area (Å²) in [5, 5.41) is 20.6. The Labute approximate surface area is 132 Å². The molecule has 0 atom stereocenters. The molecule has 1 amide bonds. The van der Waals surface area contributed by atoms with Gasteiger partial charge in [0.25, 0.3) is 0 Å². The van der Waals surface area contributed by atoms with Crippen molar-refractivity contribution in [3.05, 3.63) is 22.9 Å². The second kappa shape index (κ2) is 7.80.